The number of aromatic nitrogens is 1. The Bertz CT molecular complexity index is 1070. The van der Waals surface area contributed by atoms with E-state index in [1.165, 1.54) is 23.1 Å². The predicted molar refractivity (Wildman–Crippen MR) is 113 cm³/mol. The number of rotatable bonds is 6. The number of hydrogen-bond donors (Lipinski definition) is 2. The van der Waals surface area contributed by atoms with Crippen molar-refractivity contribution in [1.29, 1.82) is 0 Å². The van der Waals surface area contributed by atoms with Gasteiger partial charge in [0.25, 0.3) is 5.91 Å². The summed E-state index contributed by atoms with van der Waals surface area (Å²) < 4.78 is 5.38. The van der Waals surface area contributed by atoms with Crippen molar-refractivity contribution >= 4 is 40.5 Å². The molecule has 0 bridgehead atoms. The fraction of sp³-hybridized carbons (Fsp3) is 0.190. The number of carbonyl (C=O) groups is 2. The first-order valence-electron chi connectivity index (χ1n) is 8.95. The Balaban J connectivity index is 1.70. The van der Waals surface area contributed by atoms with Crippen LogP contribution in [-0.2, 0) is 11.4 Å². The summed E-state index contributed by atoms with van der Waals surface area (Å²) in [7, 11) is 0. The summed E-state index contributed by atoms with van der Waals surface area (Å²) >= 11 is 2.75. The van der Waals surface area contributed by atoms with Gasteiger partial charge in [-0.05, 0) is 30.7 Å². The van der Waals surface area contributed by atoms with Crippen LogP contribution in [0.2, 0.25) is 0 Å². The lowest BCUT2D eigenvalue weighted by molar-refractivity contribution is -0.118. The maximum absolute atomic E-state index is 13.5. The van der Waals surface area contributed by atoms with Crippen LogP contribution < -0.4 is 10.1 Å². The number of carbonyl (C=O) groups excluding carboxylic acids is 2. The van der Waals surface area contributed by atoms with E-state index in [-0.39, 0.29) is 24.9 Å². The molecule has 1 aromatic heterocycles. The van der Waals surface area contributed by atoms with Crippen molar-refractivity contribution in [2.24, 2.45) is 0 Å². The molecule has 4 rings (SSSR count). The summed E-state index contributed by atoms with van der Waals surface area (Å²) in [5, 5.41) is 13.3. The van der Waals surface area contributed by atoms with Crippen molar-refractivity contribution in [3.05, 3.63) is 69.5 Å². The smallest absolute Gasteiger partial charge is 0.262 e. The third-order valence-corrected chi connectivity index (χ3v) is 6.75. The maximum Gasteiger partial charge on any atom is 0.262 e. The Morgan fingerprint density at radius 2 is 2.10 bits per heavy atom. The van der Waals surface area contributed by atoms with E-state index in [1.54, 1.807) is 18.2 Å². The SMILES string of the molecule is Cc1nc(SC(C(=O)c2ccc3c(c2)NC(=O)CO3)c2ccccc2)c(CO)s1. The summed E-state index contributed by atoms with van der Waals surface area (Å²) in [5.74, 6) is 0.183. The van der Waals surface area contributed by atoms with Gasteiger partial charge in [-0.25, -0.2) is 4.98 Å². The molecule has 8 heteroatoms. The van der Waals surface area contributed by atoms with E-state index in [2.05, 4.69) is 10.3 Å². The number of hydrogen-bond acceptors (Lipinski definition) is 7. The largest absolute Gasteiger partial charge is 0.482 e. The number of ether oxygens (including phenoxy) is 1. The van der Waals surface area contributed by atoms with Gasteiger partial charge in [0.05, 0.1) is 27.4 Å². The zero-order valence-electron chi connectivity index (χ0n) is 15.5. The van der Waals surface area contributed by atoms with Crippen LogP contribution in [-0.4, -0.2) is 28.4 Å². The van der Waals surface area contributed by atoms with Gasteiger partial charge in [0, 0.05) is 5.56 Å². The van der Waals surface area contributed by atoms with Crippen molar-refractivity contribution in [3.8, 4) is 5.75 Å². The molecule has 1 amide bonds. The Labute approximate surface area is 175 Å². The minimum absolute atomic E-state index is 0.0318. The topological polar surface area (TPSA) is 88.5 Å². The number of thioether (sulfide) groups is 1. The molecule has 2 heterocycles. The molecule has 2 aromatic carbocycles. The van der Waals surface area contributed by atoms with Gasteiger partial charge >= 0.3 is 0 Å². The molecule has 0 saturated carbocycles. The molecule has 1 atom stereocenters. The highest BCUT2D eigenvalue weighted by Crippen LogP contribution is 2.41. The number of nitrogens with zero attached hydrogens (tertiary/aromatic N) is 1. The normalized spacial score (nSPS) is 13.9. The van der Waals surface area contributed by atoms with Gasteiger partial charge < -0.3 is 15.2 Å². The lowest BCUT2D eigenvalue weighted by Crippen LogP contribution is -2.25. The third-order valence-electron chi connectivity index (χ3n) is 4.38. The van der Waals surface area contributed by atoms with E-state index in [4.69, 9.17) is 4.74 Å². The summed E-state index contributed by atoms with van der Waals surface area (Å²) in [4.78, 5) is 30.3. The fourth-order valence-corrected chi connectivity index (χ4v) is 5.21. The standard InChI is InChI=1S/C21H18N2O4S2/c1-12-22-21(17(10-24)28-12)29-20(13-5-3-2-4-6-13)19(26)14-7-8-16-15(9-14)23-18(25)11-27-16/h2-9,20,24H,10-11H2,1H3,(H,23,25). The monoisotopic (exact) mass is 426 g/mol. The summed E-state index contributed by atoms with van der Waals surface area (Å²) in [6.45, 7) is 1.72. The maximum atomic E-state index is 13.5. The van der Waals surface area contributed by atoms with Gasteiger partial charge in [0.15, 0.2) is 12.4 Å². The number of aryl methyl sites for hydroxylation is 1. The van der Waals surface area contributed by atoms with E-state index >= 15 is 0 Å². The Morgan fingerprint density at radius 3 is 2.86 bits per heavy atom. The molecule has 2 N–H and O–H groups in total. The van der Waals surface area contributed by atoms with Gasteiger partial charge in [-0.3, -0.25) is 9.59 Å². The number of fused-ring (bicyclic) bond motifs is 1. The lowest BCUT2D eigenvalue weighted by Gasteiger charge is -2.20. The van der Waals surface area contributed by atoms with Crippen molar-refractivity contribution in [2.75, 3.05) is 11.9 Å². The second-order valence-corrected chi connectivity index (χ2v) is 8.82. The van der Waals surface area contributed by atoms with Gasteiger partial charge in [0.1, 0.15) is 10.8 Å². The van der Waals surface area contributed by atoms with E-state index in [1.807, 2.05) is 37.3 Å². The molecule has 0 fully saturated rings. The summed E-state index contributed by atoms with van der Waals surface area (Å²) in [6, 6.07) is 14.5. The molecule has 1 aliphatic heterocycles. The number of amides is 1. The summed E-state index contributed by atoms with van der Waals surface area (Å²) in [5.41, 5.74) is 1.80. The van der Waals surface area contributed by atoms with E-state index in [0.29, 0.717) is 22.0 Å². The highest BCUT2D eigenvalue weighted by atomic mass is 32.2. The van der Waals surface area contributed by atoms with Crippen LogP contribution in [0.4, 0.5) is 5.69 Å². The van der Waals surface area contributed by atoms with Crippen LogP contribution in [0, 0.1) is 6.92 Å². The number of anilines is 1. The molecule has 0 aliphatic carbocycles. The average Bonchev–Trinajstić information content (AvgIpc) is 3.11. The molecule has 0 radical (unpaired) electrons. The van der Waals surface area contributed by atoms with Crippen molar-refractivity contribution in [3.63, 3.8) is 0 Å². The summed E-state index contributed by atoms with van der Waals surface area (Å²) in [6.07, 6.45) is 0. The molecule has 3 aromatic rings. The first-order chi connectivity index (χ1) is 14.0. The molecule has 0 saturated heterocycles. The van der Waals surface area contributed by atoms with Crippen LogP contribution in [0.5, 0.6) is 5.75 Å². The van der Waals surface area contributed by atoms with Crippen LogP contribution in [0.3, 0.4) is 0 Å². The minimum atomic E-state index is -0.540. The molecule has 6 nitrogen and oxygen atoms in total. The first-order valence-corrected chi connectivity index (χ1v) is 10.6. The molecule has 1 aliphatic rings. The predicted octanol–water partition coefficient (Wildman–Crippen LogP) is 3.99. The van der Waals surface area contributed by atoms with Crippen LogP contribution in [0.25, 0.3) is 0 Å². The van der Waals surface area contributed by atoms with Crippen molar-refractivity contribution in [1.82, 2.24) is 4.98 Å². The minimum Gasteiger partial charge on any atom is -0.482 e. The van der Waals surface area contributed by atoms with Gasteiger partial charge in [-0.2, -0.15) is 0 Å². The van der Waals surface area contributed by atoms with Gasteiger partial charge in [0.2, 0.25) is 0 Å². The number of nitrogens with one attached hydrogen (secondary N) is 1. The van der Waals surface area contributed by atoms with Crippen molar-refractivity contribution < 1.29 is 19.4 Å². The zero-order valence-corrected chi connectivity index (χ0v) is 17.2. The first kappa shape index (κ1) is 19.6. The van der Waals surface area contributed by atoms with Crippen LogP contribution in [0.1, 0.15) is 31.1 Å². The highest BCUT2D eigenvalue weighted by Gasteiger charge is 2.27. The highest BCUT2D eigenvalue weighted by molar-refractivity contribution is 8.00. The zero-order chi connectivity index (χ0) is 20.4. The molecule has 29 heavy (non-hydrogen) atoms. The van der Waals surface area contributed by atoms with Crippen LogP contribution >= 0.6 is 23.1 Å². The molecular formula is C21H18N2O4S2. The number of aliphatic hydroxyl groups is 1. The average molecular weight is 427 g/mol. The number of Topliss-reactive ketones (excluding diaryl/α,β-unsaturated/α-hetero) is 1. The Morgan fingerprint density at radius 1 is 1.31 bits per heavy atom. The Hall–Kier alpha value is -2.68. The Kier molecular flexibility index (Phi) is 5.66. The molecule has 1 unspecified atom stereocenters. The number of benzene rings is 2. The van der Waals surface area contributed by atoms with E-state index in [0.717, 1.165) is 15.4 Å². The lowest BCUT2D eigenvalue weighted by atomic mass is 10.0. The van der Waals surface area contributed by atoms with Crippen molar-refractivity contribution in [2.45, 2.75) is 23.8 Å². The molecular weight excluding hydrogens is 408 g/mol. The third kappa shape index (κ3) is 4.19. The van der Waals surface area contributed by atoms with Crippen LogP contribution in [0.15, 0.2) is 53.6 Å². The van der Waals surface area contributed by atoms with Gasteiger partial charge in [-0.15, -0.1) is 11.3 Å². The second-order valence-electron chi connectivity index (χ2n) is 6.44. The number of ketones is 1. The second kappa shape index (κ2) is 8.36. The molecule has 148 valence electrons. The van der Waals surface area contributed by atoms with Gasteiger partial charge in [-0.1, -0.05) is 42.1 Å². The number of aliphatic hydroxyl groups excluding tert-OH is 1. The van der Waals surface area contributed by atoms with E-state index < -0.39 is 5.25 Å². The molecule has 0 spiro atoms. The van der Waals surface area contributed by atoms with E-state index in [9.17, 15) is 14.7 Å². The number of thiazole rings is 1. The fourth-order valence-electron chi connectivity index (χ4n) is 3.04. The quantitative estimate of drug-likeness (QED) is 0.458.